The van der Waals surface area contributed by atoms with Gasteiger partial charge in [0.15, 0.2) is 0 Å². The summed E-state index contributed by atoms with van der Waals surface area (Å²) in [5, 5.41) is 39.2. The fourth-order valence-corrected chi connectivity index (χ4v) is 1.07. The largest absolute Gasteiger partial charge is 0.394 e. The Bertz CT molecular complexity index is 134. The van der Waals surface area contributed by atoms with Crippen LogP contribution in [0.5, 0.6) is 0 Å². The minimum atomic E-state index is -0.999. The predicted molar refractivity (Wildman–Crippen MR) is 52.9 cm³/mol. The molecule has 0 aromatic heterocycles. The molecule has 0 rings (SSSR count). The van der Waals surface area contributed by atoms with Crippen LogP contribution >= 0.6 is 0 Å². The molecule has 0 saturated heterocycles. The van der Waals surface area contributed by atoms with E-state index in [-0.39, 0.29) is 6.42 Å². The van der Waals surface area contributed by atoms with Crippen LogP contribution in [0.3, 0.4) is 0 Å². The van der Waals surface area contributed by atoms with E-state index in [0.29, 0.717) is 6.54 Å². The maximum absolute atomic E-state index is 9.38. The Kier molecular flexibility index (Phi) is 8.02. The van der Waals surface area contributed by atoms with Gasteiger partial charge in [0.05, 0.1) is 24.9 Å². The summed E-state index contributed by atoms with van der Waals surface area (Å²) >= 11 is 0. The van der Waals surface area contributed by atoms with Crippen LogP contribution in [-0.2, 0) is 0 Å². The minimum absolute atomic E-state index is 0.00846. The number of aliphatic hydroxyl groups is 4. The third-order valence-corrected chi connectivity index (χ3v) is 1.95. The molecule has 5 nitrogen and oxygen atoms in total. The fraction of sp³-hybridized carbons (Fsp3) is 1.00. The van der Waals surface area contributed by atoms with Crippen LogP contribution in [0.2, 0.25) is 0 Å². The van der Waals surface area contributed by atoms with Crippen LogP contribution in [-0.4, -0.2) is 58.4 Å². The van der Waals surface area contributed by atoms with Crippen molar-refractivity contribution in [3.05, 3.63) is 0 Å². The highest BCUT2D eigenvalue weighted by Gasteiger charge is 2.18. The summed E-state index contributed by atoms with van der Waals surface area (Å²) < 4.78 is 0. The van der Waals surface area contributed by atoms with Crippen molar-refractivity contribution in [2.45, 2.75) is 38.1 Å². The molecule has 5 heteroatoms. The quantitative estimate of drug-likeness (QED) is 0.311. The molecule has 0 aromatic rings. The number of hydrogen-bond donors (Lipinski definition) is 5. The normalized spacial score (nSPS) is 17.8. The van der Waals surface area contributed by atoms with E-state index >= 15 is 0 Å². The van der Waals surface area contributed by atoms with Gasteiger partial charge >= 0.3 is 0 Å². The molecule has 0 aromatic carbocycles. The van der Waals surface area contributed by atoms with Crippen LogP contribution in [0, 0.1) is 0 Å². The molecule has 5 N–H and O–H groups in total. The topological polar surface area (TPSA) is 93.0 Å². The van der Waals surface area contributed by atoms with E-state index in [1.807, 2.05) is 6.92 Å². The lowest BCUT2D eigenvalue weighted by atomic mass is 10.1. The summed E-state index contributed by atoms with van der Waals surface area (Å²) in [6.07, 6.45) is -1.91. The van der Waals surface area contributed by atoms with Gasteiger partial charge < -0.3 is 25.7 Å². The van der Waals surface area contributed by atoms with Crippen molar-refractivity contribution in [3.63, 3.8) is 0 Å². The maximum atomic E-state index is 9.38. The van der Waals surface area contributed by atoms with Crippen molar-refractivity contribution in [3.8, 4) is 0 Å². The molecule has 14 heavy (non-hydrogen) atoms. The van der Waals surface area contributed by atoms with E-state index in [9.17, 15) is 10.2 Å². The Hall–Kier alpha value is -0.200. The molecular weight excluding hydrogens is 186 g/mol. The van der Waals surface area contributed by atoms with Crippen LogP contribution < -0.4 is 5.32 Å². The Morgan fingerprint density at radius 1 is 1.14 bits per heavy atom. The second kappa shape index (κ2) is 8.14. The summed E-state index contributed by atoms with van der Waals surface area (Å²) in [6.45, 7) is 2.69. The van der Waals surface area contributed by atoms with E-state index in [4.69, 9.17) is 10.2 Å². The van der Waals surface area contributed by atoms with Crippen molar-refractivity contribution in [1.29, 1.82) is 0 Å². The van der Waals surface area contributed by atoms with Gasteiger partial charge in [-0.2, -0.15) is 0 Å². The summed E-state index contributed by atoms with van der Waals surface area (Å²) in [6, 6.07) is 0. The number of rotatable bonds is 8. The lowest BCUT2D eigenvalue weighted by Gasteiger charge is -2.19. The summed E-state index contributed by atoms with van der Waals surface area (Å²) in [7, 11) is 0. The predicted octanol–water partition coefficient (Wildman–Crippen LogP) is -1.55. The molecule has 0 aliphatic heterocycles. The lowest BCUT2D eigenvalue weighted by molar-refractivity contribution is -0.0223. The van der Waals surface area contributed by atoms with Gasteiger partial charge in [0.2, 0.25) is 0 Å². The monoisotopic (exact) mass is 207 g/mol. The van der Waals surface area contributed by atoms with Gasteiger partial charge in [0.25, 0.3) is 0 Å². The first-order valence-electron chi connectivity index (χ1n) is 4.97. The minimum Gasteiger partial charge on any atom is -0.394 e. The van der Waals surface area contributed by atoms with E-state index in [0.717, 1.165) is 13.0 Å². The van der Waals surface area contributed by atoms with Crippen molar-refractivity contribution < 1.29 is 20.4 Å². The maximum Gasteiger partial charge on any atom is 0.0924 e. The molecule has 0 aliphatic carbocycles. The average Bonchev–Trinajstić information content (AvgIpc) is 2.17. The fourth-order valence-electron chi connectivity index (χ4n) is 1.07. The number of hydrogen-bond acceptors (Lipinski definition) is 5. The molecule has 0 aliphatic rings. The van der Waals surface area contributed by atoms with Gasteiger partial charge in [-0.1, -0.05) is 6.92 Å². The van der Waals surface area contributed by atoms with Gasteiger partial charge in [-0.15, -0.1) is 0 Å². The van der Waals surface area contributed by atoms with Crippen LogP contribution in [0.4, 0.5) is 0 Å². The van der Waals surface area contributed by atoms with Crippen molar-refractivity contribution in [2.24, 2.45) is 0 Å². The molecule has 0 saturated carbocycles. The summed E-state index contributed by atoms with van der Waals surface area (Å²) in [5.41, 5.74) is 0. The highest BCUT2D eigenvalue weighted by atomic mass is 16.3. The van der Waals surface area contributed by atoms with Crippen LogP contribution in [0.1, 0.15) is 19.8 Å². The Morgan fingerprint density at radius 2 is 1.79 bits per heavy atom. The third kappa shape index (κ3) is 6.28. The van der Waals surface area contributed by atoms with Gasteiger partial charge in [-0.05, 0) is 13.0 Å². The van der Waals surface area contributed by atoms with Crippen LogP contribution in [0.15, 0.2) is 0 Å². The highest BCUT2D eigenvalue weighted by molar-refractivity contribution is 4.72. The van der Waals surface area contributed by atoms with Gasteiger partial charge in [-0.25, -0.2) is 0 Å². The molecule has 0 heterocycles. The molecule has 0 fully saturated rings. The van der Waals surface area contributed by atoms with Crippen LogP contribution in [0.25, 0.3) is 0 Å². The van der Waals surface area contributed by atoms with Gasteiger partial charge in [-0.3, -0.25) is 0 Å². The first-order chi connectivity index (χ1) is 6.61. The van der Waals surface area contributed by atoms with Crippen molar-refractivity contribution >= 4 is 0 Å². The van der Waals surface area contributed by atoms with E-state index < -0.39 is 24.9 Å². The Labute approximate surface area is 84.4 Å². The first kappa shape index (κ1) is 13.8. The molecule has 0 radical (unpaired) electrons. The molecular formula is C9H21NO4. The van der Waals surface area contributed by atoms with E-state index in [1.165, 1.54) is 0 Å². The van der Waals surface area contributed by atoms with Gasteiger partial charge in [0, 0.05) is 13.0 Å². The standard InChI is InChI=1S/C9H21NO4/c1-2-3-10-5-9(14)8(13)4-7(12)6-11/h7-14H,2-6H2,1H3. The Balaban J connectivity index is 3.58. The van der Waals surface area contributed by atoms with Crippen molar-refractivity contribution in [1.82, 2.24) is 5.32 Å². The molecule has 86 valence electrons. The molecule has 3 unspecified atom stereocenters. The number of nitrogens with one attached hydrogen (secondary N) is 1. The molecule has 0 bridgehead atoms. The molecule has 0 spiro atoms. The van der Waals surface area contributed by atoms with Crippen molar-refractivity contribution in [2.75, 3.05) is 19.7 Å². The molecule has 3 atom stereocenters. The number of aliphatic hydroxyl groups excluding tert-OH is 4. The summed E-state index contributed by atoms with van der Waals surface area (Å²) in [4.78, 5) is 0. The smallest absolute Gasteiger partial charge is 0.0924 e. The van der Waals surface area contributed by atoms with Gasteiger partial charge in [0.1, 0.15) is 0 Å². The first-order valence-corrected chi connectivity index (χ1v) is 4.97. The SMILES string of the molecule is CCCNCC(O)C(O)CC(O)CO. The Morgan fingerprint density at radius 3 is 2.29 bits per heavy atom. The summed E-state index contributed by atoms with van der Waals surface area (Å²) in [5.74, 6) is 0. The lowest BCUT2D eigenvalue weighted by Crippen LogP contribution is -2.38. The zero-order valence-electron chi connectivity index (χ0n) is 8.56. The zero-order chi connectivity index (χ0) is 11.0. The highest BCUT2D eigenvalue weighted by Crippen LogP contribution is 2.02. The second-order valence-electron chi connectivity index (χ2n) is 3.41. The van der Waals surface area contributed by atoms with E-state index in [2.05, 4.69) is 5.32 Å². The molecule has 0 amide bonds. The average molecular weight is 207 g/mol. The van der Waals surface area contributed by atoms with E-state index in [1.54, 1.807) is 0 Å². The second-order valence-corrected chi connectivity index (χ2v) is 3.41. The third-order valence-electron chi connectivity index (χ3n) is 1.95. The zero-order valence-corrected chi connectivity index (χ0v) is 8.56.